The molecule has 0 saturated carbocycles. The summed E-state index contributed by atoms with van der Waals surface area (Å²) >= 11 is 0. The van der Waals surface area contributed by atoms with Gasteiger partial charge in [0.25, 0.3) is 5.91 Å². The minimum atomic E-state index is -0.541. The molecule has 0 fully saturated rings. The van der Waals surface area contributed by atoms with Gasteiger partial charge in [-0.3, -0.25) is 25.3 Å². The van der Waals surface area contributed by atoms with E-state index >= 15 is 0 Å². The molecule has 2 rings (SSSR count). The quantitative estimate of drug-likeness (QED) is 0.458. The Morgan fingerprint density at radius 3 is 2.40 bits per heavy atom. The lowest BCUT2D eigenvalue weighted by atomic mass is 10.1. The molecule has 1 aromatic carbocycles. The van der Waals surface area contributed by atoms with Crippen molar-refractivity contribution in [2.75, 3.05) is 27.3 Å². The molecule has 2 aromatic rings. The summed E-state index contributed by atoms with van der Waals surface area (Å²) in [6.45, 7) is 10.2. The second-order valence-electron chi connectivity index (χ2n) is 6.50. The van der Waals surface area contributed by atoms with Gasteiger partial charge in [-0.05, 0) is 43.8 Å². The van der Waals surface area contributed by atoms with Crippen LogP contribution in [-0.4, -0.2) is 44.0 Å². The van der Waals surface area contributed by atoms with Crippen molar-refractivity contribution in [2.45, 2.75) is 26.8 Å². The Kier molecular flexibility index (Phi) is 8.49. The summed E-state index contributed by atoms with van der Waals surface area (Å²) in [5.74, 6) is 0.724. The average molecular weight is 415 g/mol. The lowest BCUT2D eigenvalue weighted by Crippen LogP contribution is -2.41. The number of amides is 2. The van der Waals surface area contributed by atoms with E-state index in [1.165, 1.54) is 14.2 Å². The van der Waals surface area contributed by atoms with Crippen LogP contribution >= 0.6 is 0 Å². The van der Waals surface area contributed by atoms with Crippen molar-refractivity contribution in [1.29, 1.82) is 0 Å². The van der Waals surface area contributed by atoms with Gasteiger partial charge >= 0.3 is 5.91 Å². The van der Waals surface area contributed by atoms with Gasteiger partial charge in [-0.1, -0.05) is 19.9 Å². The Morgan fingerprint density at radius 1 is 1.10 bits per heavy atom. The van der Waals surface area contributed by atoms with Crippen LogP contribution in [-0.2, 0) is 13.0 Å². The van der Waals surface area contributed by atoms with Crippen molar-refractivity contribution in [2.24, 2.45) is 0 Å². The third-order valence-corrected chi connectivity index (χ3v) is 4.63. The molecule has 1 heterocycles. The fourth-order valence-electron chi connectivity index (χ4n) is 2.98. The molecule has 0 bridgehead atoms. The van der Waals surface area contributed by atoms with E-state index in [-0.39, 0.29) is 5.76 Å². The van der Waals surface area contributed by atoms with Crippen LogP contribution in [0.5, 0.6) is 11.5 Å². The second kappa shape index (κ2) is 11.1. The van der Waals surface area contributed by atoms with Crippen LogP contribution in [0.1, 0.15) is 46.1 Å². The van der Waals surface area contributed by atoms with Crippen LogP contribution in [0.3, 0.4) is 0 Å². The van der Waals surface area contributed by atoms with E-state index in [1.54, 1.807) is 30.3 Å². The van der Waals surface area contributed by atoms with E-state index in [9.17, 15) is 9.59 Å². The molecule has 30 heavy (non-hydrogen) atoms. The number of hydrogen-bond acceptors (Lipinski definition) is 6. The lowest BCUT2D eigenvalue weighted by molar-refractivity contribution is 0.0828. The molecular weight excluding hydrogens is 386 g/mol. The number of allylic oxidation sites excluding steroid dienone is 1. The molecule has 0 aliphatic carbocycles. The topological polar surface area (TPSA) is 93.0 Å². The number of nitrogens with one attached hydrogen (secondary N) is 2. The number of furan rings is 1. The monoisotopic (exact) mass is 415 g/mol. The highest BCUT2D eigenvalue weighted by Crippen LogP contribution is 2.33. The third kappa shape index (κ3) is 5.64. The van der Waals surface area contributed by atoms with E-state index in [1.807, 2.05) is 0 Å². The van der Waals surface area contributed by atoms with Crippen molar-refractivity contribution in [3.63, 3.8) is 0 Å². The predicted molar refractivity (Wildman–Crippen MR) is 114 cm³/mol. The number of hydrazine groups is 1. The lowest BCUT2D eigenvalue weighted by Gasteiger charge is -2.15. The minimum Gasteiger partial charge on any atom is -0.493 e. The van der Waals surface area contributed by atoms with Gasteiger partial charge in [-0.2, -0.15) is 0 Å². The van der Waals surface area contributed by atoms with Gasteiger partial charge in [0.15, 0.2) is 17.3 Å². The highest BCUT2D eigenvalue weighted by atomic mass is 16.5. The molecule has 0 unspecified atom stereocenters. The standard InChI is InChI=1S/C22H29N3O5/c1-6-9-15-12-16(13-19(28-4)20(15)29-5)21(26)23-24-22(27)18-11-10-17(30-18)14-25(7-2)8-3/h6,10-13H,1,7-9,14H2,2-5H3,(H,23,26)(H,24,27). The maximum Gasteiger partial charge on any atom is 0.305 e. The molecule has 0 saturated heterocycles. The summed E-state index contributed by atoms with van der Waals surface area (Å²) in [7, 11) is 3.02. The van der Waals surface area contributed by atoms with Crippen LogP contribution in [0.25, 0.3) is 0 Å². The summed E-state index contributed by atoms with van der Waals surface area (Å²) in [4.78, 5) is 27.0. The molecule has 0 aliphatic heterocycles. The van der Waals surface area contributed by atoms with E-state index in [0.29, 0.717) is 35.8 Å². The van der Waals surface area contributed by atoms with Gasteiger partial charge in [-0.15, -0.1) is 6.58 Å². The van der Waals surface area contributed by atoms with Crippen molar-refractivity contribution in [1.82, 2.24) is 15.8 Å². The normalized spacial score (nSPS) is 10.6. The van der Waals surface area contributed by atoms with E-state index in [2.05, 4.69) is 36.2 Å². The van der Waals surface area contributed by atoms with Crippen LogP contribution < -0.4 is 20.3 Å². The van der Waals surface area contributed by atoms with Gasteiger partial charge in [0, 0.05) is 11.1 Å². The number of carbonyl (C=O) groups is 2. The number of ether oxygens (including phenoxy) is 2. The van der Waals surface area contributed by atoms with E-state index in [4.69, 9.17) is 13.9 Å². The molecule has 162 valence electrons. The summed E-state index contributed by atoms with van der Waals surface area (Å²) in [6.07, 6.45) is 2.20. The highest BCUT2D eigenvalue weighted by molar-refractivity contribution is 5.98. The number of rotatable bonds is 10. The van der Waals surface area contributed by atoms with E-state index in [0.717, 1.165) is 18.7 Å². The molecule has 2 N–H and O–H groups in total. The Morgan fingerprint density at radius 2 is 1.80 bits per heavy atom. The average Bonchev–Trinajstić information content (AvgIpc) is 3.23. The zero-order valence-electron chi connectivity index (χ0n) is 17.9. The third-order valence-electron chi connectivity index (χ3n) is 4.63. The number of hydrogen-bond donors (Lipinski definition) is 2. The highest BCUT2D eigenvalue weighted by Gasteiger charge is 2.17. The largest absolute Gasteiger partial charge is 0.493 e. The Labute approximate surface area is 176 Å². The van der Waals surface area contributed by atoms with Crippen molar-refractivity contribution in [3.05, 3.63) is 59.6 Å². The maximum absolute atomic E-state index is 12.5. The van der Waals surface area contributed by atoms with E-state index < -0.39 is 11.8 Å². The van der Waals surface area contributed by atoms with Gasteiger partial charge < -0.3 is 13.9 Å². The van der Waals surface area contributed by atoms with Crippen LogP contribution in [0.2, 0.25) is 0 Å². The van der Waals surface area contributed by atoms with Crippen molar-refractivity contribution in [3.8, 4) is 11.5 Å². The van der Waals surface area contributed by atoms with Crippen molar-refractivity contribution >= 4 is 11.8 Å². The van der Waals surface area contributed by atoms with Gasteiger partial charge in [0.05, 0.1) is 20.8 Å². The summed E-state index contributed by atoms with van der Waals surface area (Å²) in [5.41, 5.74) is 5.83. The molecular formula is C22H29N3O5. The van der Waals surface area contributed by atoms with Gasteiger partial charge in [0.2, 0.25) is 0 Å². The van der Waals surface area contributed by atoms with Gasteiger partial charge in [-0.25, -0.2) is 0 Å². The molecule has 8 heteroatoms. The SMILES string of the molecule is C=CCc1cc(C(=O)NNC(=O)c2ccc(CN(CC)CC)o2)cc(OC)c1OC. The Hall–Kier alpha value is -3.26. The molecule has 8 nitrogen and oxygen atoms in total. The molecule has 0 spiro atoms. The zero-order valence-corrected chi connectivity index (χ0v) is 17.9. The molecule has 0 atom stereocenters. The maximum atomic E-state index is 12.5. The first-order chi connectivity index (χ1) is 14.5. The fourth-order valence-corrected chi connectivity index (χ4v) is 2.98. The smallest absolute Gasteiger partial charge is 0.305 e. The second-order valence-corrected chi connectivity index (χ2v) is 6.50. The zero-order chi connectivity index (χ0) is 22.1. The van der Waals surface area contributed by atoms with Gasteiger partial charge in [0.1, 0.15) is 5.76 Å². The molecule has 1 aromatic heterocycles. The van der Waals surface area contributed by atoms with Crippen LogP contribution in [0.4, 0.5) is 0 Å². The van der Waals surface area contributed by atoms with Crippen molar-refractivity contribution < 1.29 is 23.5 Å². The van der Waals surface area contributed by atoms with Crippen LogP contribution in [0, 0.1) is 0 Å². The molecule has 2 amide bonds. The number of benzene rings is 1. The summed E-state index contributed by atoms with van der Waals surface area (Å²) in [6, 6.07) is 6.55. The Bertz CT molecular complexity index is 887. The first-order valence-electron chi connectivity index (χ1n) is 9.74. The Balaban J connectivity index is 2.06. The summed E-state index contributed by atoms with van der Waals surface area (Å²) < 4.78 is 16.3. The first kappa shape index (κ1) is 23.0. The fraction of sp³-hybridized carbons (Fsp3) is 0.364. The molecule has 0 aliphatic rings. The minimum absolute atomic E-state index is 0.122. The molecule has 0 radical (unpaired) electrons. The number of methoxy groups -OCH3 is 2. The number of carbonyl (C=O) groups excluding carboxylic acids is 2. The first-order valence-corrected chi connectivity index (χ1v) is 9.74. The number of nitrogens with zero attached hydrogens (tertiary/aromatic N) is 1. The summed E-state index contributed by atoms with van der Waals surface area (Å²) in [5, 5.41) is 0. The van der Waals surface area contributed by atoms with Crippen LogP contribution in [0.15, 0.2) is 41.3 Å². The predicted octanol–water partition coefficient (Wildman–Crippen LogP) is 2.94.